The fraction of sp³-hybridized carbons (Fsp3) is 0.0455. The van der Waals surface area contributed by atoms with Crippen LogP contribution in [0, 0.1) is 5.82 Å². The van der Waals surface area contributed by atoms with Crippen molar-refractivity contribution >= 4 is 16.7 Å². The number of ketones is 1. The molecule has 5 heteroatoms. The molecule has 2 aromatic carbocycles. The monoisotopic (exact) mass is 358 g/mol. The molecule has 0 aliphatic rings. The summed E-state index contributed by atoms with van der Waals surface area (Å²) in [5.74, 6) is -0.710. The van der Waals surface area contributed by atoms with Gasteiger partial charge in [0.15, 0.2) is 5.78 Å². The Morgan fingerprint density at radius 1 is 0.963 bits per heavy atom. The normalized spacial score (nSPS) is 10.9. The lowest BCUT2D eigenvalue weighted by atomic mass is 10.0. The van der Waals surface area contributed by atoms with Crippen LogP contribution < -0.4 is 5.43 Å². The zero-order chi connectivity index (χ0) is 18.8. The molecule has 0 atom stereocenters. The van der Waals surface area contributed by atoms with Gasteiger partial charge >= 0.3 is 0 Å². The number of para-hydroxylation sites is 1. The van der Waals surface area contributed by atoms with Crippen LogP contribution in [0.1, 0.15) is 21.5 Å². The van der Waals surface area contributed by atoms with Crippen LogP contribution in [0.3, 0.4) is 0 Å². The van der Waals surface area contributed by atoms with Gasteiger partial charge in [0.1, 0.15) is 5.82 Å². The molecular formula is C22H15FN2O2. The van der Waals surface area contributed by atoms with Crippen molar-refractivity contribution in [1.82, 2.24) is 9.55 Å². The van der Waals surface area contributed by atoms with Crippen LogP contribution in [-0.4, -0.2) is 15.3 Å². The summed E-state index contributed by atoms with van der Waals surface area (Å²) < 4.78 is 15.9. The van der Waals surface area contributed by atoms with Gasteiger partial charge in [-0.3, -0.25) is 14.6 Å². The number of pyridine rings is 2. The van der Waals surface area contributed by atoms with Gasteiger partial charge in [0, 0.05) is 35.1 Å². The van der Waals surface area contributed by atoms with Gasteiger partial charge in [0.25, 0.3) is 0 Å². The molecule has 0 spiro atoms. The van der Waals surface area contributed by atoms with Crippen molar-refractivity contribution in [2.45, 2.75) is 6.54 Å². The lowest BCUT2D eigenvalue weighted by Crippen LogP contribution is -2.20. The summed E-state index contributed by atoms with van der Waals surface area (Å²) >= 11 is 0. The van der Waals surface area contributed by atoms with E-state index in [-0.39, 0.29) is 29.1 Å². The Morgan fingerprint density at radius 2 is 1.67 bits per heavy atom. The molecule has 0 N–H and O–H groups in total. The molecule has 132 valence electrons. The maximum Gasteiger partial charge on any atom is 0.200 e. The Bertz CT molecular complexity index is 1200. The van der Waals surface area contributed by atoms with Gasteiger partial charge in [-0.1, -0.05) is 30.3 Å². The number of rotatable bonds is 4. The van der Waals surface area contributed by atoms with Gasteiger partial charge in [0.05, 0.1) is 17.6 Å². The molecule has 0 bridgehead atoms. The first-order valence-corrected chi connectivity index (χ1v) is 8.45. The standard InChI is InChI=1S/C22H15FN2O2/c23-19-7-3-1-5-16(19)13-25-14-18(21(26)15-9-11-24-12-10-15)22(27)17-6-2-4-8-20(17)25/h1-12,14H,13H2. The van der Waals surface area contributed by atoms with Gasteiger partial charge in [-0.15, -0.1) is 0 Å². The molecule has 0 fully saturated rings. The van der Waals surface area contributed by atoms with Crippen LogP contribution in [0.25, 0.3) is 10.9 Å². The molecule has 2 aromatic heterocycles. The summed E-state index contributed by atoms with van der Waals surface area (Å²) in [5.41, 5.74) is 1.23. The highest BCUT2D eigenvalue weighted by Gasteiger charge is 2.17. The highest BCUT2D eigenvalue weighted by Crippen LogP contribution is 2.17. The second-order valence-corrected chi connectivity index (χ2v) is 6.17. The molecule has 0 radical (unpaired) electrons. The first kappa shape index (κ1) is 16.8. The van der Waals surface area contributed by atoms with Crippen molar-refractivity contribution in [2.24, 2.45) is 0 Å². The number of nitrogens with zero attached hydrogens (tertiary/aromatic N) is 2. The van der Waals surface area contributed by atoms with E-state index in [1.54, 1.807) is 53.1 Å². The number of carbonyl (C=O) groups excluding carboxylic acids is 1. The minimum Gasteiger partial charge on any atom is -0.342 e. The van der Waals surface area contributed by atoms with E-state index in [4.69, 9.17) is 0 Å². The van der Waals surface area contributed by atoms with E-state index in [0.29, 0.717) is 22.0 Å². The summed E-state index contributed by atoms with van der Waals surface area (Å²) in [6, 6.07) is 16.6. The first-order chi connectivity index (χ1) is 13.1. The lowest BCUT2D eigenvalue weighted by Gasteiger charge is -2.14. The molecule has 0 unspecified atom stereocenters. The Morgan fingerprint density at radius 3 is 2.44 bits per heavy atom. The highest BCUT2D eigenvalue weighted by molar-refractivity contribution is 6.10. The summed E-state index contributed by atoms with van der Waals surface area (Å²) in [6.07, 6.45) is 4.53. The van der Waals surface area contributed by atoms with E-state index in [2.05, 4.69) is 4.98 Å². The number of aromatic nitrogens is 2. The quantitative estimate of drug-likeness (QED) is 0.521. The Hall–Kier alpha value is -3.60. The molecule has 4 rings (SSSR count). The van der Waals surface area contributed by atoms with E-state index in [1.165, 1.54) is 24.7 Å². The van der Waals surface area contributed by atoms with E-state index in [1.807, 2.05) is 6.07 Å². The Kier molecular flexibility index (Phi) is 4.34. The third-order valence-electron chi connectivity index (χ3n) is 4.47. The van der Waals surface area contributed by atoms with Crippen LogP contribution in [0.2, 0.25) is 0 Å². The number of carbonyl (C=O) groups is 1. The fourth-order valence-electron chi connectivity index (χ4n) is 3.11. The topological polar surface area (TPSA) is 52.0 Å². The van der Waals surface area contributed by atoms with Gasteiger partial charge in [-0.25, -0.2) is 4.39 Å². The van der Waals surface area contributed by atoms with Crippen LogP contribution in [0.5, 0.6) is 0 Å². The van der Waals surface area contributed by atoms with Crippen molar-refractivity contribution in [3.8, 4) is 0 Å². The summed E-state index contributed by atoms with van der Waals surface area (Å²) in [4.78, 5) is 29.7. The Balaban J connectivity index is 1.91. The minimum absolute atomic E-state index is 0.0521. The zero-order valence-electron chi connectivity index (χ0n) is 14.3. The highest BCUT2D eigenvalue weighted by atomic mass is 19.1. The largest absolute Gasteiger partial charge is 0.342 e. The number of hydrogen-bond acceptors (Lipinski definition) is 3. The number of fused-ring (bicyclic) bond motifs is 1. The molecule has 2 heterocycles. The lowest BCUT2D eigenvalue weighted by molar-refractivity contribution is 0.103. The van der Waals surface area contributed by atoms with Gasteiger partial charge in [0.2, 0.25) is 5.43 Å². The molecule has 0 aliphatic carbocycles. The molecule has 4 aromatic rings. The second-order valence-electron chi connectivity index (χ2n) is 6.17. The molecular weight excluding hydrogens is 343 g/mol. The van der Waals surface area contributed by atoms with Gasteiger partial charge in [-0.2, -0.15) is 0 Å². The smallest absolute Gasteiger partial charge is 0.200 e. The van der Waals surface area contributed by atoms with E-state index in [9.17, 15) is 14.0 Å². The predicted molar refractivity (Wildman–Crippen MR) is 101 cm³/mol. The summed E-state index contributed by atoms with van der Waals surface area (Å²) in [6.45, 7) is 0.212. The molecule has 4 nitrogen and oxygen atoms in total. The summed E-state index contributed by atoms with van der Waals surface area (Å²) in [7, 11) is 0. The van der Waals surface area contributed by atoms with Crippen LogP contribution in [0.4, 0.5) is 4.39 Å². The number of hydrogen-bond donors (Lipinski definition) is 0. The second kappa shape index (κ2) is 6.96. The third-order valence-corrected chi connectivity index (χ3v) is 4.47. The van der Waals surface area contributed by atoms with Crippen LogP contribution >= 0.6 is 0 Å². The minimum atomic E-state index is -0.379. The SMILES string of the molecule is O=C(c1ccncc1)c1cn(Cc2ccccc2F)c2ccccc2c1=O. The number of halogens is 1. The fourth-order valence-corrected chi connectivity index (χ4v) is 3.11. The van der Waals surface area contributed by atoms with Crippen molar-refractivity contribution in [3.63, 3.8) is 0 Å². The van der Waals surface area contributed by atoms with Crippen molar-refractivity contribution in [1.29, 1.82) is 0 Å². The van der Waals surface area contributed by atoms with Gasteiger partial charge < -0.3 is 4.57 Å². The van der Waals surface area contributed by atoms with Gasteiger partial charge in [-0.05, 0) is 30.3 Å². The third kappa shape index (κ3) is 3.15. The predicted octanol–water partition coefficient (Wildman–Crippen LogP) is 3.81. The average Bonchev–Trinajstić information content (AvgIpc) is 2.72. The molecule has 0 aliphatic heterocycles. The molecule has 0 saturated heterocycles. The van der Waals surface area contributed by atoms with E-state index in [0.717, 1.165) is 0 Å². The molecule has 0 amide bonds. The molecule has 0 saturated carbocycles. The first-order valence-electron chi connectivity index (χ1n) is 8.45. The average molecular weight is 358 g/mol. The number of benzene rings is 2. The maximum absolute atomic E-state index is 14.1. The van der Waals surface area contributed by atoms with E-state index < -0.39 is 0 Å². The van der Waals surface area contributed by atoms with Crippen molar-refractivity contribution < 1.29 is 9.18 Å². The maximum atomic E-state index is 14.1. The zero-order valence-corrected chi connectivity index (χ0v) is 14.3. The van der Waals surface area contributed by atoms with E-state index >= 15 is 0 Å². The summed E-state index contributed by atoms with van der Waals surface area (Å²) in [5, 5.41) is 0.425. The molecule has 27 heavy (non-hydrogen) atoms. The van der Waals surface area contributed by atoms with Crippen LogP contribution in [0.15, 0.2) is 84.0 Å². The van der Waals surface area contributed by atoms with Crippen LogP contribution in [-0.2, 0) is 6.54 Å². The Labute approximate surface area is 154 Å². The van der Waals surface area contributed by atoms with Crippen molar-refractivity contribution in [3.05, 3.63) is 112 Å². The van der Waals surface area contributed by atoms with Crippen molar-refractivity contribution in [2.75, 3.05) is 0 Å².